The highest BCUT2D eigenvalue weighted by molar-refractivity contribution is 5.86. The second kappa shape index (κ2) is 8.10. The third-order valence-corrected chi connectivity index (χ3v) is 6.42. The number of benzene rings is 3. The van der Waals surface area contributed by atoms with Crippen molar-refractivity contribution in [2.75, 3.05) is 11.4 Å². The Bertz CT molecular complexity index is 1050. The van der Waals surface area contributed by atoms with Crippen molar-refractivity contribution in [1.82, 2.24) is 0 Å². The molecular weight excluding hydrogens is 364 g/mol. The van der Waals surface area contributed by atoms with Gasteiger partial charge in [-0.25, -0.2) is 0 Å². The fraction of sp³-hybridized carbons (Fsp3) is 0.321. The van der Waals surface area contributed by atoms with Crippen molar-refractivity contribution in [2.45, 2.75) is 52.5 Å². The molecule has 1 aliphatic rings. The Kier molecular flexibility index (Phi) is 5.51. The molecule has 1 heterocycles. The van der Waals surface area contributed by atoms with Crippen LogP contribution in [-0.2, 0) is 0 Å². The fourth-order valence-electron chi connectivity index (χ4n) is 4.90. The second-order valence-corrected chi connectivity index (χ2v) is 9.10. The zero-order valence-electron chi connectivity index (χ0n) is 18.8. The van der Waals surface area contributed by atoms with Gasteiger partial charge in [0.05, 0.1) is 5.69 Å². The monoisotopic (exact) mass is 396 g/mol. The van der Waals surface area contributed by atoms with E-state index in [1.807, 2.05) is 12.3 Å². The van der Waals surface area contributed by atoms with E-state index < -0.39 is 0 Å². The highest BCUT2D eigenvalue weighted by atomic mass is 15.2. The zero-order valence-corrected chi connectivity index (χ0v) is 18.8. The molecule has 0 amide bonds. The smallest absolute Gasteiger partial charge is 0.0630 e. The normalized spacial score (nSPS) is 17.9. The molecule has 30 heavy (non-hydrogen) atoms. The van der Waals surface area contributed by atoms with E-state index in [9.17, 15) is 0 Å². The van der Waals surface area contributed by atoms with Gasteiger partial charge < -0.3 is 4.90 Å². The molecule has 3 aromatic rings. The van der Waals surface area contributed by atoms with Gasteiger partial charge in [0.2, 0.25) is 0 Å². The van der Waals surface area contributed by atoms with E-state index in [4.69, 9.17) is 4.99 Å². The fourth-order valence-corrected chi connectivity index (χ4v) is 4.90. The molecule has 0 N–H and O–H groups in total. The minimum Gasteiger partial charge on any atom is -0.366 e. The lowest BCUT2D eigenvalue weighted by Crippen LogP contribution is -2.48. The summed E-state index contributed by atoms with van der Waals surface area (Å²) in [6.45, 7) is 12.6. The van der Waals surface area contributed by atoms with Crippen LogP contribution in [0.3, 0.4) is 0 Å². The average Bonchev–Trinajstić information content (AvgIpc) is 2.73. The zero-order chi connectivity index (χ0) is 21.3. The number of hydrogen-bond acceptors (Lipinski definition) is 2. The second-order valence-electron chi connectivity index (χ2n) is 9.10. The van der Waals surface area contributed by atoms with Crippen molar-refractivity contribution >= 4 is 17.6 Å². The molecule has 1 aliphatic heterocycles. The van der Waals surface area contributed by atoms with Crippen molar-refractivity contribution in [1.29, 1.82) is 0 Å². The minimum absolute atomic E-state index is 0.198. The minimum atomic E-state index is 0.198. The Labute approximate surface area is 181 Å². The van der Waals surface area contributed by atoms with Crippen LogP contribution >= 0.6 is 0 Å². The maximum atomic E-state index is 4.78. The van der Waals surface area contributed by atoms with Gasteiger partial charge in [0.25, 0.3) is 0 Å². The van der Waals surface area contributed by atoms with Crippen LogP contribution < -0.4 is 4.90 Å². The number of rotatable bonds is 4. The molecule has 0 spiro atoms. The Hall–Kier alpha value is -2.87. The Balaban J connectivity index is 1.61. The standard InChI is InChI=1S/C28H32N2/c1-6-30-27-16-20(2)24(17-26(27)21(3)18-28(30,4)5)19-29-25-14-12-23(13-15-25)22-10-8-7-9-11-22/h7-17,19,21H,6,18H2,1-5H3. The summed E-state index contributed by atoms with van der Waals surface area (Å²) in [5.41, 5.74) is 8.96. The van der Waals surface area contributed by atoms with Crippen LogP contribution in [0.1, 0.15) is 56.7 Å². The first kappa shape index (κ1) is 20.4. The van der Waals surface area contributed by atoms with Crippen molar-refractivity contribution in [2.24, 2.45) is 4.99 Å². The van der Waals surface area contributed by atoms with Gasteiger partial charge >= 0.3 is 0 Å². The van der Waals surface area contributed by atoms with E-state index in [1.165, 1.54) is 39.9 Å². The number of hydrogen-bond donors (Lipinski definition) is 0. The molecule has 0 saturated heterocycles. The van der Waals surface area contributed by atoms with Gasteiger partial charge in [-0.1, -0.05) is 49.4 Å². The van der Waals surface area contributed by atoms with Gasteiger partial charge in [-0.15, -0.1) is 0 Å². The van der Waals surface area contributed by atoms with E-state index in [0.29, 0.717) is 5.92 Å². The Morgan fingerprint density at radius 1 is 1.00 bits per heavy atom. The van der Waals surface area contributed by atoms with E-state index >= 15 is 0 Å². The van der Waals surface area contributed by atoms with Crippen molar-refractivity contribution in [3.8, 4) is 11.1 Å². The lowest BCUT2D eigenvalue weighted by atomic mass is 9.79. The number of nitrogens with zero attached hydrogens (tertiary/aromatic N) is 2. The summed E-state index contributed by atoms with van der Waals surface area (Å²) < 4.78 is 0. The van der Waals surface area contributed by atoms with Gasteiger partial charge in [0, 0.05) is 24.0 Å². The van der Waals surface area contributed by atoms with Crippen LogP contribution in [0.25, 0.3) is 11.1 Å². The first-order chi connectivity index (χ1) is 14.4. The molecule has 2 nitrogen and oxygen atoms in total. The summed E-state index contributed by atoms with van der Waals surface area (Å²) in [6, 6.07) is 23.6. The lowest BCUT2D eigenvalue weighted by Gasteiger charge is -2.47. The predicted octanol–water partition coefficient (Wildman–Crippen LogP) is 7.52. The van der Waals surface area contributed by atoms with Gasteiger partial charge in [0.1, 0.15) is 0 Å². The molecule has 1 atom stereocenters. The first-order valence-corrected chi connectivity index (χ1v) is 11.0. The lowest BCUT2D eigenvalue weighted by molar-refractivity contribution is 0.381. The van der Waals surface area contributed by atoms with Crippen LogP contribution in [0, 0.1) is 6.92 Å². The summed E-state index contributed by atoms with van der Waals surface area (Å²) in [7, 11) is 0. The van der Waals surface area contributed by atoms with Crippen molar-refractivity contribution < 1.29 is 0 Å². The quantitative estimate of drug-likeness (QED) is 0.416. The largest absolute Gasteiger partial charge is 0.366 e. The molecule has 0 aromatic heterocycles. The molecule has 0 radical (unpaired) electrons. The molecule has 2 heteroatoms. The Morgan fingerprint density at radius 2 is 1.67 bits per heavy atom. The average molecular weight is 397 g/mol. The van der Waals surface area contributed by atoms with Crippen LogP contribution in [0.4, 0.5) is 11.4 Å². The SMILES string of the molecule is CCN1c2cc(C)c(C=Nc3ccc(-c4ccccc4)cc3)cc2C(C)CC1(C)C. The molecule has 0 bridgehead atoms. The summed E-state index contributed by atoms with van der Waals surface area (Å²) in [4.78, 5) is 7.33. The third-order valence-electron chi connectivity index (χ3n) is 6.42. The third kappa shape index (κ3) is 3.92. The van der Waals surface area contributed by atoms with E-state index in [1.54, 1.807) is 0 Å². The van der Waals surface area contributed by atoms with Crippen LogP contribution in [0.2, 0.25) is 0 Å². The van der Waals surface area contributed by atoms with E-state index in [-0.39, 0.29) is 5.54 Å². The number of aliphatic imine (C=N–C) groups is 1. The summed E-state index contributed by atoms with van der Waals surface area (Å²) in [5.74, 6) is 0.552. The molecule has 0 aliphatic carbocycles. The van der Waals surface area contributed by atoms with Crippen LogP contribution in [-0.4, -0.2) is 18.3 Å². The summed E-state index contributed by atoms with van der Waals surface area (Å²) in [6.07, 6.45) is 3.20. The maximum absolute atomic E-state index is 4.78. The number of fused-ring (bicyclic) bond motifs is 1. The molecule has 154 valence electrons. The van der Waals surface area contributed by atoms with Crippen LogP contribution in [0.5, 0.6) is 0 Å². The predicted molar refractivity (Wildman–Crippen MR) is 130 cm³/mol. The molecule has 3 aromatic carbocycles. The molecule has 0 fully saturated rings. The molecule has 0 saturated carbocycles. The van der Waals surface area contributed by atoms with Gasteiger partial charge in [0.15, 0.2) is 0 Å². The highest BCUT2D eigenvalue weighted by Crippen LogP contribution is 2.44. The van der Waals surface area contributed by atoms with E-state index in [2.05, 4.69) is 100 Å². The topological polar surface area (TPSA) is 15.6 Å². The summed E-state index contributed by atoms with van der Waals surface area (Å²) >= 11 is 0. The number of aryl methyl sites for hydroxylation is 1. The number of anilines is 1. The van der Waals surface area contributed by atoms with Crippen molar-refractivity contribution in [3.05, 3.63) is 83.4 Å². The van der Waals surface area contributed by atoms with Crippen molar-refractivity contribution in [3.63, 3.8) is 0 Å². The molecule has 4 rings (SSSR count). The van der Waals surface area contributed by atoms with Gasteiger partial charge in [-0.3, -0.25) is 4.99 Å². The van der Waals surface area contributed by atoms with E-state index in [0.717, 1.165) is 12.2 Å². The summed E-state index contributed by atoms with van der Waals surface area (Å²) in [5, 5.41) is 0. The van der Waals surface area contributed by atoms with Gasteiger partial charge in [-0.2, -0.15) is 0 Å². The molecular formula is C28H32N2. The van der Waals surface area contributed by atoms with Crippen LogP contribution in [0.15, 0.2) is 71.7 Å². The maximum Gasteiger partial charge on any atom is 0.0630 e. The Morgan fingerprint density at radius 3 is 2.33 bits per heavy atom. The van der Waals surface area contributed by atoms with Gasteiger partial charge in [-0.05, 0) is 92.1 Å². The highest BCUT2D eigenvalue weighted by Gasteiger charge is 2.35. The molecule has 1 unspecified atom stereocenters. The first-order valence-electron chi connectivity index (χ1n) is 11.0.